The Hall–Kier alpha value is -3.93. The van der Waals surface area contributed by atoms with Gasteiger partial charge in [-0.1, -0.05) is 32.1 Å². The highest BCUT2D eigenvalue weighted by Crippen LogP contribution is 2.32. The zero-order chi connectivity index (χ0) is 28.1. The third-order valence-electron chi connectivity index (χ3n) is 5.94. The summed E-state index contributed by atoms with van der Waals surface area (Å²) in [6, 6.07) is 11.8. The van der Waals surface area contributed by atoms with Crippen LogP contribution < -0.4 is 5.32 Å². The molecule has 0 radical (unpaired) electrons. The molecule has 11 heteroatoms. The standard InChI is InChI=1S/C28H30FN5O4S/c1-16(2)26-21(11-10-19(35)13-20(36)14-25(37)38)27(17-6-8-18(29)9-7-17)32-28(31-26)30-24-15-22(33-34(24)3)23-5-4-12-39-23/h4-12,15-16,19-20,35-36H,13-14H2,1-3H3,(H,37,38)(H,30,31,32)/t19-,20-/m1/s1. The lowest BCUT2D eigenvalue weighted by atomic mass is 9.97. The maximum Gasteiger partial charge on any atom is 0.305 e. The third-order valence-corrected chi connectivity index (χ3v) is 6.83. The Morgan fingerprint density at radius 1 is 1.18 bits per heavy atom. The average Bonchev–Trinajstić information content (AvgIpc) is 3.53. The van der Waals surface area contributed by atoms with E-state index in [1.54, 1.807) is 34.2 Å². The second-order valence-corrected chi connectivity index (χ2v) is 10.4. The zero-order valence-electron chi connectivity index (χ0n) is 21.7. The minimum atomic E-state index is -1.19. The first-order chi connectivity index (χ1) is 18.6. The van der Waals surface area contributed by atoms with Crippen molar-refractivity contribution in [1.29, 1.82) is 0 Å². The molecule has 2 atom stereocenters. The molecular formula is C28H30FN5O4S. The normalized spacial score (nSPS) is 13.2. The summed E-state index contributed by atoms with van der Waals surface area (Å²) in [7, 11) is 1.82. The van der Waals surface area contributed by atoms with Gasteiger partial charge in [-0.25, -0.2) is 14.4 Å². The fourth-order valence-electron chi connectivity index (χ4n) is 4.07. The van der Waals surface area contributed by atoms with Crippen LogP contribution in [0.4, 0.5) is 16.2 Å². The van der Waals surface area contributed by atoms with Crippen molar-refractivity contribution < 1.29 is 24.5 Å². The van der Waals surface area contributed by atoms with Crippen LogP contribution in [0.25, 0.3) is 27.9 Å². The van der Waals surface area contributed by atoms with Crippen LogP contribution in [0.2, 0.25) is 0 Å². The maximum absolute atomic E-state index is 13.7. The minimum absolute atomic E-state index is 0.0460. The van der Waals surface area contributed by atoms with Crippen molar-refractivity contribution in [2.45, 2.75) is 44.8 Å². The highest BCUT2D eigenvalue weighted by atomic mass is 32.1. The highest BCUT2D eigenvalue weighted by molar-refractivity contribution is 7.13. The van der Waals surface area contributed by atoms with Gasteiger partial charge in [-0.15, -0.1) is 11.3 Å². The second-order valence-electron chi connectivity index (χ2n) is 9.41. The Bertz CT molecular complexity index is 1450. The van der Waals surface area contributed by atoms with E-state index in [0.717, 1.165) is 10.6 Å². The number of aliphatic hydroxyl groups is 2. The van der Waals surface area contributed by atoms with Crippen molar-refractivity contribution in [3.05, 3.63) is 71.0 Å². The van der Waals surface area contributed by atoms with Gasteiger partial charge in [0.15, 0.2) is 0 Å². The SMILES string of the molecule is CC(C)c1nc(Nc2cc(-c3cccs3)nn2C)nc(-c2ccc(F)cc2)c1C=C[C@@H](O)C[C@@H](O)CC(=O)O. The number of aliphatic carboxylic acids is 1. The van der Waals surface area contributed by atoms with Gasteiger partial charge in [0.05, 0.1) is 34.9 Å². The van der Waals surface area contributed by atoms with Crippen LogP contribution in [-0.2, 0) is 11.8 Å². The van der Waals surface area contributed by atoms with Gasteiger partial charge in [0.25, 0.3) is 0 Å². The molecular weight excluding hydrogens is 521 g/mol. The summed E-state index contributed by atoms with van der Waals surface area (Å²) in [6.45, 7) is 3.95. The number of benzene rings is 1. The van der Waals surface area contributed by atoms with E-state index in [1.165, 1.54) is 18.2 Å². The molecule has 0 unspecified atom stereocenters. The fraction of sp³-hybridized carbons (Fsp3) is 0.286. The average molecular weight is 552 g/mol. The van der Waals surface area contributed by atoms with Crippen LogP contribution in [0, 0.1) is 5.82 Å². The quantitative estimate of drug-likeness (QED) is 0.200. The van der Waals surface area contributed by atoms with Gasteiger partial charge < -0.3 is 20.6 Å². The van der Waals surface area contributed by atoms with E-state index in [2.05, 4.69) is 10.4 Å². The first-order valence-electron chi connectivity index (χ1n) is 12.4. The van der Waals surface area contributed by atoms with E-state index in [-0.39, 0.29) is 18.2 Å². The van der Waals surface area contributed by atoms with Crippen molar-refractivity contribution in [2.75, 3.05) is 5.32 Å². The minimum Gasteiger partial charge on any atom is -0.481 e. The molecule has 9 nitrogen and oxygen atoms in total. The van der Waals surface area contributed by atoms with Crippen molar-refractivity contribution in [3.8, 4) is 21.8 Å². The monoisotopic (exact) mass is 551 g/mol. The van der Waals surface area contributed by atoms with Crippen LogP contribution in [0.5, 0.6) is 0 Å². The molecule has 204 valence electrons. The number of thiophene rings is 1. The molecule has 0 saturated heterocycles. The number of anilines is 2. The number of nitrogens with one attached hydrogen (secondary N) is 1. The van der Waals surface area contributed by atoms with Gasteiger partial charge in [0.1, 0.15) is 17.3 Å². The fourth-order valence-corrected chi connectivity index (χ4v) is 4.75. The van der Waals surface area contributed by atoms with E-state index >= 15 is 0 Å². The van der Waals surface area contributed by atoms with E-state index in [9.17, 15) is 19.4 Å². The first-order valence-corrected chi connectivity index (χ1v) is 13.3. The predicted molar refractivity (Wildman–Crippen MR) is 149 cm³/mol. The number of carbonyl (C=O) groups is 1. The van der Waals surface area contributed by atoms with E-state index in [0.29, 0.717) is 34.3 Å². The number of aromatic nitrogens is 4. The van der Waals surface area contributed by atoms with Gasteiger partial charge in [-0.2, -0.15) is 5.10 Å². The summed E-state index contributed by atoms with van der Waals surface area (Å²) >= 11 is 1.59. The van der Waals surface area contributed by atoms with Gasteiger partial charge in [0.2, 0.25) is 5.95 Å². The van der Waals surface area contributed by atoms with E-state index < -0.39 is 24.6 Å². The molecule has 0 fully saturated rings. The van der Waals surface area contributed by atoms with Crippen molar-refractivity contribution in [3.63, 3.8) is 0 Å². The highest BCUT2D eigenvalue weighted by Gasteiger charge is 2.19. The second kappa shape index (κ2) is 12.3. The predicted octanol–water partition coefficient (Wildman–Crippen LogP) is 5.21. The lowest BCUT2D eigenvalue weighted by Crippen LogP contribution is -2.19. The van der Waals surface area contributed by atoms with Crippen LogP contribution in [0.1, 0.15) is 43.9 Å². The van der Waals surface area contributed by atoms with Gasteiger partial charge in [-0.3, -0.25) is 9.48 Å². The van der Waals surface area contributed by atoms with Gasteiger partial charge >= 0.3 is 5.97 Å². The molecule has 0 aliphatic rings. The Morgan fingerprint density at radius 2 is 1.92 bits per heavy atom. The van der Waals surface area contributed by atoms with E-state index in [1.807, 2.05) is 44.5 Å². The smallest absolute Gasteiger partial charge is 0.305 e. The van der Waals surface area contributed by atoms with Crippen molar-refractivity contribution in [1.82, 2.24) is 19.7 Å². The molecule has 4 N–H and O–H groups in total. The molecule has 0 amide bonds. The maximum atomic E-state index is 13.7. The lowest BCUT2D eigenvalue weighted by Gasteiger charge is -2.17. The molecule has 1 aromatic carbocycles. The lowest BCUT2D eigenvalue weighted by molar-refractivity contribution is -0.139. The summed E-state index contributed by atoms with van der Waals surface area (Å²) in [5, 5.41) is 39.0. The topological polar surface area (TPSA) is 133 Å². The summed E-state index contributed by atoms with van der Waals surface area (Å²) in [5.41, 5.74) is 3.29. The number of aryl methyl sites for hydroxylation is 1. The summed E-state index contributed by atoms with van der Waals surface area (Å²) in [4.78, 5) is 21.4. The zero-order valence-corrected chi connectivity index (χ0v) is 22.6. The third kappa shape index (κ3) is 7.14. The first kappa shape index (κ1) is 28.1. The van der Waals surface area contributed by atoms with Crippen LogP contribution in [-0.4, -0.2) is 53.2 Å². The molecule has 4 rings (SSSR count). The number of hydrogen-bond acceptors (Lipinski definition) is 8. The molecule has 0 aliphatic carbocycles. The molecule has 3 aromatic heterocycles. The van der Waals surface area contributed by atoms with Gasteiger partial charge in [-0.05, 0) is 41.6 Å². The number of rotatable bonds is 11. The number of nitrogens with zero attached hydrogens (tertiary/aromatic N) is 4. The summed E-state index contributed by atoms with van der Waals surface area (Å²) in [5.74, 6) is -0.564. The van der Waals surface area contributed by atoms with Crippen LogP contribution >= 0.6 is 11.3 Å². The Morgan fingerprint density at radius 3 is 2.56 bits per heavy atom. The Labute approximate surface area is 229 Å². The number of carboxylic acid groups (broad SMARTS) is 1. The van der Waals surface area contributed by atoms with Crippen LogP contribution in [0.15, 0.2) is 53.9 Å². The molecule has 0 saturated carbocycles. The molecule has 3 heterocycles. The Balaban J connectivity index is 1.73. The molecule has 39 heavy (non-hydrogen) atoms. The summed E-state index contributed by atoms with van der Waals surface area (Å²) in [6.07, 6.45) is 0.250. The number of aliphatic hydroxyl groups excluding tert-OH is 2. The van der Waals surface area contributed by atoms with Crippen molar-refractivity contribution >= 4 is 35.1 Å². The van der Waals surface area contributed by atoms with Crippen molar-refractivity contribution in [2.24, 2.45) is 7.05 Å². The number of hydrogen-bond donors (Lipinski definition) is 4. The molecule has 0 spiro atoms. The Kier molecular flexibility index (Phi) is 8.85. The van der Waals surface area contributed by atoms with Gasteiger partial charge in [0, 0.05) is 30.7 Å². The number of carboxylic acids is 1. The molecule has 0 aliphatic heterocycles. The summed E-state index contributed by atoms with van der Waals surface area (Å²) < 4.78 is 15.4. The number of halogens is 1. The molecule has 0 bridgehead atoms. The largest absolute Gasteiger partial charge is 0.481 e. The van der Waals surface area contributed by atoms with Crippen LogP contribution in [0.3, 0.4) is 0 Å². The van der Waals surface area contributed by atoms with E-state index in [4.69, 9.17) is 15.1 Å². The molecule has 4 aromatic rings.